The topological polar surface area (TPSA) is 76.0 Å². The Hall–Kier alpha value is -1.50. The Balaban J connectivity index is 3.54. The summed E-state index contributed by atoms with van der Waals surface area (Å²) in [5.41, 5.74) is -2.45. The zero-order valence-corrected chi connectivity index (χ0v) is 7.22. The van der Waals surface area contributed by atoms with E-state index in [2.05, 4.69) is 0 Å². The minimum absolute atomic E-state index is 0.508. The SMILES string of the molecule is O=c1c(Cl)c[nH]c([N+](=O)[O-])c1C(F)F. The summed E-state index contributed by atoms with van der Waals surface area (Å²) in [5.74, 6) is -1.03. The van der Waals surface area contributed by atoms with Gasteiger partial charge >= 0.3 is 5.82 Å². The van der Waals surface area contributed by atoms with Gasteiger partial charge in [0, 0.05) is 0 Å². The number of aromatic nitrogens is 1. The minimum atomic E-state index is -3.24. The van der Waals surface area contributed by atoms with E-state index in [4.69, 9.17) is 11.6 Å². The molecule has 76 valence electrons. The van der Waals surface area contributed by atoms with E-state index >= 15 is 0 Å². The Labute approximate surface area is 80.5 Å². The summed E-state index contributed by atoms with van der Waals surface area (Å²) < 4.78 is 24.5. The van der Waals surface area contributed by atoms with Crippen molar-refractivity contribution in [2.75, 3.05) is 0 Å². The van der Waals surface area contributed by atoms with Crippen molar-refractivity contribution >= 4 is 17.4 Å². The van der Waals surface area contributed by atoms with Crippen molar-refractivity contribution in [3.63, 3.8) is 0 Å². The summed E-state index contributed by atoms with van der Waals surface area (Å²) in [7, 11) is 0. The van der Waals surface area contributed by atoms with Crippen LogP contribution in [0.25, 0.3) is 0 Å². The smallest absolute Gasteiger partial charge is 0.333 e. The molecule has 1 heterocycles. The minimum Gasteiger partial charge on any atom is -0.358 e. The highest BCUT2D eigenvalue weighted by Crippen LogP contribution is 2.24. The molecule has 0 aliphatic carbocycles. The molecule has 0 aliphatic rings. The number of nitro groups is 1. The maximum absolute atomic E-state index is 12.2. The second kappa shape index (κ2) is 3.70. The fraction of sp³-hybridized carbons (Fsp3) is 0.167. The molecular formula is C6H3ClF2N2O3. The van der Waals surface area contributed by atoms with Crippen molar-refractivity contribution < 1.29 is 13.7 Å². The maximum Gasteiger partial charge on any atom is 0.333 e. The Kier molecular flexibility index (Phi) is 2.80. The van der Waals surface area contributed by atoms with Crippen LogP contribution in [0.2, 0.25) is 5.02 Å². The van der Waals surface area contributed by atoms with Gasteiger partial charge in [0.2, 0.25) is 5.43 Å². The number of pyridine rings is 1. The Morgan fingerprint density at radius 2 is 2.14 bits per heavy atom. The first kappa shape index (κ1) is 10.6. The number of halogens is 3. The fourth-order valence-corrected chi connectivity index (χ4v) is 1.02. The molecule has 1 rings (SSSR count). The van der Waals surface area contributed by atoms with Crippen molar-refractivity contribution in [2.45, 2.75) is 6.43 Å². The molecule has 0 atom stereocenters. The third kappa shape index (κ3) is 1.72. The second-order valence-electron chi connectivity index (χ2n) is 2.29. The van der Waals surface area contributed by atoms with Gasteiger partial charge in [-0.05, 0) is 4.92 Å². The van der Waals surface area contributed by atoms with E-state index in [1.165, 1.54) is 0 Å². The van der Waals surface area contributed by atoms with Gasteiger partial charge in [0.1, 0.15) is 11.2 Å². The normalized spacial score (nSPS) is 10.6. The van der Waals surface area contributed by atoms with Gasteiger partial charge in [-0.25, -0.2) is 13.8 Å². The van der Waals surface area contributed by atoms with Crippen LogP contribution in [0, 0.1) is 10.1 Å². The monoisotopic (exact) mass is 224 g/mol. The summed E-state index contributed by atoms with van der Waals surface area (Å²) in [4.78, 5) is 22.1. The zero-order chi connectivity index (χ0) is 10.9. The lowest BCUT2D eigenvalue weighted by atomic mass is 10.2. The van der Waals surface area contributed by atoms with Crippen LogP contribution in [0.1, 0.15) is 12.0 Å². The molecule has 0 unspecified atom stereocenters. The Morgan fingerprint density at radius 1 is 1.57 bits per heavy atom. The number of hydrogen-bond acceptors (Lipinski definition) is 3. The fourth-order valence-electron chi connectivity index (χ4n) is 0.865. The first-order valence-electron chi connectivity index (χ1n) is 3.28. The molecule has 0 radical (unpaired) electrons. The van der Waals surface area contributed by atoms with Crippen LogP contribution in [-0.4, -0.2) is 9.91 Å². The van der Waals surface area contributed by atoms with Gasteiger partial charge in [-0.15, -0.1) is 0 Å². The Morgan fingerprint density at radius 3 is 2.57 bits per heavy atom. The number of nitrogens with one attached hydrogen (secondary N) is 1. The second-order valence-corrected chi connectivity index (χ2v) is 2.69. The number of rotatable bonds is 2. The zero-order valence-electron chi connectivity index (χ0n) is 6.46. The average Bonchev–Trinajstić information content (AvgIpc) is 2.08. The quantitative estimate of drug-likeness (QED) is 0.615. The van der Waals surface area contributed by atoms with Crippen molar-refractivity contribution in [2.24, 2.45) is 0 Å². The van der Waals surface area contributed by atoms with E-state index in [0.29, 0.717) is 0 Å². The van der Waals surface area contributed by atoms with Crippen LogP contribution in [-0.2, 0) is 0 Å². The number of H-pyrrole nitrogens is 1. The van der Waals surface area contributed by atoms with Gasteiger partial charge in [0.05, 0.1) is 0 Å². The molecule has 14 heavy (non-hydrogen) atoms. The third-order valence-corrected chi connectivity index (χ3v) is 1.73. The molecular weight excluding hydrogens is 222 g/mol. The van der Waals surface area contributed by atoms with Crippen LogP contribution < -0.4 is 5.43 Å². The van der Waals surface area contributed by atoms with E-state index in [1.807, 2.05) is 4.98 Å². The molecule has 0 amide bonds. The maximum atomic E-state index is 12.2. The van der Waals surface area contributed by atoms with E-state index in [9.17, 15) is 23.7 Å². The number of alkyl halides is 2. The summed E-state index contributed by atoms with van der Waals surface area (Å²) >= 11 is 5.23. The van der Waals surface area contributed by atoms with Gasteiger partial charge < -0.3 is 10.1 Å². The lowest BCUT2D eigenvalue weighted by Gasteiger charge is -2.01. The van der Waals surface area contributed by atoms with E-state index < -0.39 is 33.2 Å². The van der Waals surface area contributed by atoms with Crippen molar-refractivity contribution in [3.8, 4) is 0 Å². The molecule has 0 spiro atoms. The van der Waals surface area contributed by atoms with E-state index in [1.54, 1.807) is 0 Å². The highest BCUT2D eigenvalue weighted by atomic mass is 35.5. The van der Waals surface area contributed by atoms with Crippen molar-refractivity contribution in [1.29, 1.82) is 0 Å². The van der Waals surface area contributed by atoms with Gasteiger partial charge in [-0.3, -0.25) is 4.79 Å². The van der Waals surface area contributed by atoms with Crippen molar-refractivity contribution in [3.05, 3.63) is 37.1 Å². The lowest BCUT2D eigenvalue weighted by Crippen LogP contribution is -2.14. The molecule has 8 heteroatoms. The van der Waals surface area contributed by atoms with Crippen molar-refractivity contribution in [1.82, 2.24) is 4.98 Å². The van der Waals surface area contributed by atoms with Gasteiger partial charge in [-0.1, -0.05) is 11.6 Å². The van der Waals surface area contributed by atoms with Crippen LogP contribution in [0.5, 0.6) is 0 Å². The lowest BCUT2D eigenvalue weighted by molar-refractivity contribution is -0.391. The molecule has 0 bridgehead atoms. The van der Waals surface area contributed by atoms with Gasteiger partial charge in [-0.2, -0.15) is 0 Å². The molecule has 0 aliphatic heterocycles. The summed E-state index contributed by atoms with van der Waals surface area (Å²) in [6, 6.07) is 0. The summed E-state index contributed by atoms with van der Waals surface area (Å²) in [6.07, 6.45) is -2.44. The van der Waals surface area contributed by atoms with Crippen LogP contribution >= 0.6 is 11.6 Å². The molecule has 1 aromatic heterocycles. The Bertz CT molecular complexity index is 432. The third-order valence-electron chi connectivity index (χ3n) is 1.45. The summed E-state index contributed by atoms with van der Waals surface area (Å²) in [6.45, 7) is 0. The molecule has 0 aromatic carbocycles. The van der Waals surface area contributed by atoms with Crippen LogP contribution in [0.15, 0.2) is 11.0 Å². The highest BCUT2D eigenvalue weighted by Gasteiger charge is 2.26. The van der Waals surface area contributed by atoms with Crippen LogP contribution in [0.3, 0.4) is 0 Å². The van der Waals surface area contributed by atoms with Crippen LogP contribution in [0.4, 0.5) is 14.6 Å². The molecule has 1 N–H and O–H groups in total. The molecule has 0 saturated heterocycles. The molecule has 0 saturated carbocycles. The predicted octanol–water partition coefficient (Wildman–Crippen LogP) is 1.87. The first-order valence-corrected chi connectivity index (χ1v) is 3.66. The first-order chi connectivity index (χ1) is 6.45. The molecule has 0 fully saturated rings. The van der Waals surface area contributed by atoms with Gasteiger partial charge in [0.25, 0.3) is 6.43 Å². The average molecular weight is 225 g/mol. The standard InChI is InChI=1S/C6H3ClF2N2O3/c7-2-1-10-6(11(13)14)3(4(2)12)5(8)9/h1,5H,(H,10,12). The highest BCUT2D eigenvalue weighted by molar-refractivity contribution is 6.30. The largest absolute Gasteiger partial charge is 0.358 e. The number of aromatic amines is 1. The molecule has 1 aromatic rings. The number of nitrogens with zero attached hydrogens (tertiary/aromatic N) is 1. The molecule has 5 nitrogen and oxygen atoms in total. The van der Waals surface area contributed by atoms with Gasteiger partial charge in [0.15, 0.2) is 5.56 Å². The predicted molar refractivity (Wildman–Crippen MR) is 43.7 cm³/mol. The summed E-state index contributed by atoms with van der Waals surface area (Å²) in [5, 5.41) is 9.74. The number of hydrogen-bond donors (Lipinski definition) is 1. The van der Waals surface area contributed by atoms with E-state index in [-0.39, 0.29) is 0 Å². The van der Waals surface area contributed by atoms with E-state index in [0.717, 1.165) is 6.20 Å².